The van der Waals surface area contributed by atoms with Gasteiger partial charge in [0, 0.05) is 18.3 Å². The van der Waals surface area contributed by atoms with Crippen LogP contribution < -0.4 is 16.4 Å². The maximum Gasteiger partial charge on any atom is 0.322 e. The van der Waals surface area contributed by atoms with Crippen molar-refractivity contribution >= 4 is 17.6 Å². The van der Waals surface area contributed by atoms with Crippen molar-refractivity contribution in [2.75, 3.05) is 25.0 Å². The number of primary amides is 1. The number of amides is 3. The first-order chi connectivity index (χ1) is 10.1. The Labute approximate surface area is 124 Å². The number of hydrogen-bond acceptors (Lipinski definition) is 3. The van der Waals surface area contributed by atoms with Crippen molar-refractivity contribution in [1.29, 1.82) is 0 Å². The van der Waals surface area contributed by atoms with Crippen LogP contribution in [-0.2, 0) is 4.79 Å². The second-order valence-electron chi connectivity index (χ2n) is 5.39. The van der Waals surface area contributed by atoms with Gasteiger partial charge in [0.05, 0.1) is 0 Å². The molecule has 114 valence electrons. The fraction of sp³-hybridized carbons (Fsp3) is 0.467. The molecule has 4 N–H and O–H groups in total. The van der Waals surface area contributed by atoms with Crippen LogP contribution in [-0.4, -0.2) is 42.5 Å². The monoisotopic (exact) mass is 290 g/mol. The summed E-state index contributed by atoms with van der Waals surface area (Å²) in [4.78, 5) is 25.2. The van der Waals surface area contributed by atoms with Crippen molar-refractivity contribution in [3.05, 3.63) is 29.8 Å². The van der Waals surface area contributed by atoms with Crippen LogP contribution >= 0.6 is 0 Å². The summed E-state index contributed by atoms with van der Waals surface area (Å²) in [7, 11) is 0. The molecule has 2 rings (SSSR count). The molecule has 21 heavy (non-hydrogen) atoms. The van der Waals surface area contributed by atoms with E-state index in [-0.39, 0.29) is 18.6 Å². The lowest BCUT2D eigenvalue weighted by Crippen LogP contribution is -2.52. The minimum Gasteiger partial charge on any atom is -0.368 e. The summed E-state index contributed by atoms with van der Waals surface area (Å²) < 4.78 is 0. The van der Waals surface area contributed by atoms with Crippen molar-refractivity contribution in [1.82, 2.24) is 10.2 Å². The summed E-state index contributed by atoms with van der Waals surface area (Å²) in [6.07, 6.45) is 1.86. The molecule has 1 aliphatic heterocycles. The summed E-state index contributed by atoms with van der Waals surface area (Å²) in [6.45, 7) is 3.53. The van der Waals surface area contributed by atoms with Crippen LogP contribution in [0.5, 0.6) is 0 Å². The van der Waals surface area contributed by atoms with Crippen LogP contribution in [0, 0.1) is 6.92 Å². The molecule has 1 aliphatic rings. The summed E-state index contributed by atoms with van der Waals surface area (Å²) >= 11 is 0. The van der Waals surface area contributed by atoms with Gasteiger partial charge in [0.25, 0.3) is 0 Å². The number of nitrogens with one attached hydrogen (secondary N) is 2. The normalized spacial score (nSPS) is 18.0. The van der Waals surface area contributed by atoms with Gasteiger partial charge in [-0.2, -0.15) is 0 Å². The lowest BCUT2D eigenvalue weighted by atomic mass is 10.1. The molecule has 1 atom stereocenters. The van der Waals surface area contributed by atoms with E-state index in [9.17, 15) is 9.59 Å². The highest BCUT2D eigenvalue weighted by atomic mass is 16.2. The van der Waals surface area contributed by atoms with Gasteiger partial charge in [-0.25, -0.2) is 4.79 Å². The number of hydrogen-bond donors (Lipinski definition) is 3. The molecule has 0 saturated carbocycles. The molecule has 0 aliphatic carbocycles. The predicted octanol–water partition coefficient (Wildman–Crippen LogP) is 1.07. The van der Waals surface area contributed by atoms with Crippen molar-refractivity contribution in [3.63, 3.8) is 0 Å². The Morgan fingerprint density at radius 1 is 1.48 bits per heavy atom. The Morgan fingerprint density at radius 3 is 2.90 bits per heavy atom. The van der Waals surface area contributed by atoms with E-state index in [1.807, 2.05) is 31.2 Å². The Kier molecular flexibility index (Phi) is 5.16. The zero-order valence-electron chi connectivity index (χ0n) is 12.3. The van der Waals surface area contributed by atoms with Gasteiger partial charge in [0.1, 0.15) is 6.54 Å². The maximum atomic E-state index is 12.4. The van der Waals surface area contributed by atoms with E-state index in [2.05, 4.69) is 10.6 Å². The highest BCUT2D eigenvalue weighted by molar-refractivity contribution is 5.92. The number of urea groups is 1. The molecule has 0 bridgehead atoms. The van der Waals surface area contributed by atoms with Gasteiger partial charge < -0.3 is 21.3 Å². The third-order valence-corrected chi connectivity index (χ3v) is 3.57. The number of nitrogens with two attached hydrogens (primary N) is 1. The highest BCUT2D eigenvalue weighted by Gasteiger charge is 2.26. The fourth-order valence-corrected chi connectivity index (χ4v) is 2.55. The molecule has 0 radical (unpaired) electrons. The van der Waals surface area contributed by atoms with Crippen LogP contribution in [0.25, 0.3) is 0 Å². The molecule has 0 spiro atoms. The molecule has 6 heteroatoms. The molecular formula is C15H22N4O2. The number of nitrogens with zero attached hydrogens (tertiary/aromatic N) is 1. The summed E-state index contributed by atoms with van der Waals surface area (Å²) in [5.41, 5.74) is 7.06. The maximum absolute atomic E-state index is 12.4. The van der Waals surface area contributed by atoms with Gasteiger partial charge in [-0.3, -0.25) is 4.79 Å². The first kappa shape index (κ1) is 15.3. The molecule has 0 aromatic heterocycles. The molecule has 1 heterocycles. The minimum absolute atomic E-state index is 0.00365. The van der Waals surface area contributed by atoms with Crippen LogP contribution in [0.15, 0.2) is 24.3 Å². The number of carbonyl (C=O) groups excluding carboxylic acids is 2. The lowest BCUT2D eigenvalue weighted by Gasteiger charge is -2.33. The van der Waals surface area contributed by atoms with Gasteiger partial charge >= 0.3 is 6.03 Å². The number of benzene rings is 1. The van der Waals surface area contributed by atoms with Crippen LogP contribution in [0.2, 0.25) is 0 Å². The second kappa shape index (κ2) is 7.08. The average Bonchev–Trinajstić information content (AvgIpc) is 2.45. The van der Waals surface area contributed by atoms with Crippen LogP contribution in [0.4, 0.5) is 10.5 Å². The first-order valence-corrected chi connectivity index (χ1v) is 7.19. The van der Waals surface area contributed by atoms with Gasteiger partial charge in [-0.1, -0.05) is 12.1 Å². The van der Waals surface area contributed by atoms with Gasteiger partial charge in [-0.15, -0.1) is 0 Å². The predicted molar refractivity (Wildman–Crippen MR) is 82.0 cm³/mol. The van der Waals surface area contributed by atoms with Crippen LogP contribution in [0.1, 0.15) is 18.4 Å². The van der Waals surface area contributed by atoms with Crippen molar-refractivity contribution in [2.45, 2.75) is 25.8 Å². The fourth-order valence-electron chi connectivity index (χ4n) is 2.55. The zero-order valence-corrected chi connectivity index (χ0v) is 12.3. The number of rotatable bonds is 4. The number of piperidine rings is 1. The zero-order chi connectivity index (χ0) is 15.2. The van der Waals surface area contributed by atoms with Crippen molar-refractivity contribution in [3.8, 4) is 0 Å². The second-order valence-corrected chi connectivity index (χ2v) is 5.39. The standard InChI is InChI=1S/C15H22N4O2/c1-11-4-2-5-12(8-11)18-15(21)19(10-14(16)20)13-6-3-7-17-9-13/h2,4-5,8,13,17H,3,6-7,9-10H2,1H3,(H2,16,20)(H,18,21). The van der Waals surface area contributed by atoms with E-state index in [1.165, 1.54) is 4.90 Å². The summed E-state index contributed by atoms with van der Waals surface area (Å²) in [5.74, 6) is -0.500. The van der Waals surface area contributed by atoms with E-state index in [1.54, 1.807) is 0 Å². The third kappa shape index (κ3) is 4.46. The summed E-state index contributed by atoms with van der Waals surface area (Å²) in [6, 6.07) is 7.27. The van der Waals surface area contributed by atoms with E-state index in [0.717, 1.165) is 30.6 Å². The highest BCUT2D eigenvalue weighted by Crippen LogP contribution is 2.14. The summed E-state index contributed by atoms with van der Waals surface area (Å²) in [5, 5.41) is 6.08. The Morgan fingerprint density at radius 2 is 2.29 bits per heavy atom. The van der Waals surface area contributed by atoms with E-state index >= 15 is 0 Å². The Hall–Kier alpha value is -2.08. The Bertz CT molecular complexity index is 512. The smallest absolute Gasteiger partial charge is 0.322 e. The average molecular weight is 290 g/mol. The van der Waals surface area contributed by atoms with Crippen molar-refractivity contribution < 1.29 is 9.59 Å². The molecular weight excluding hydrogens is 268 g/mol. The lowest BCUT2D eigenvalue weighted by molar-refractivity contribution is -0.119. The van der Waals surface area contributed by atoms with Crippen molar-refractivity contribution in [2.24, 2.45) is 5.73 Å². The molecule has 3 amide bonds. The van der Waals surface area contributed by atoms with E-state index in [4.69, 9.17) is 5.73 Å². The minimum atomic E-state index is -0.500. The van der Waals surface area contributed by atoms with Gasteiger partial charge in [0.2, 0.25) is 5.91 Å². The van der Waals surface area contributed by atoms with Crippen LogP contribution in [0.3, 0.4) is 0 Å². The quantitative estimate of drug-likeness (QED) is 0.775. The molecule has 1 aromatic rings. The number of anilines is 1. The SMILES string of the molecule is Cc1cccc(NC(=O)N(CC(N)=O)C2CCCNC2)c1. The Balaban J connectivity index is 2.07. The number of aryl methyl sites for hydroxylation is 1. The number of carbonyl (C=O) groups is 2. The first-order valence-electron chi connectivity index (χ1n) is 7.19. The van der Waals surface area contributed by atoms with Gasteiger partial charge in [-0.05, 0) is 44.0 Å². The molecule has 1 saturated heterocycles. The molecule has 1 unspecified atom stereocenters. The van der Waals surface area contributed by atoms with E-state index < -0.39 is 5.91 Å². The topological polar surface area (TPSA) is 87.5 Å². The third-order valence-electron chi connectivity index (χ3n) is 3.57. The molecule has 6 nitrogen and oxygen atoms in total. The molecule has 1 fully saturated rings. The van der Waals surface area contributed by atoms with Gasteiger partial charge in [0.15, 0.2) is 0 Å². The largest absolute Gasteiger partial charge is 0.368 e. The molecule has 1 aromatic carbocycles. The van der Waals surface area contributed by atoms with E-state index in [0.29, 0.717) is 6.54 Å².